The largest absolute Gasteiger partial charge is 0.405 e. The molecule has 1 aromatic rings. The zero-order chi connectivity index (χ0) is 14.6. The van der Waals surface area contributed by atoms with Crippen LogP contribution in [0.5, 0.6) is 0 Å². The fraction of sp³-hybridized carbons (Fsp3) is 0.300. The van der Waals surface area contributed by atoms with Crippen molar-refractivity contribution in [2.75, 3.05) is 18.0 Å². The van der Waals surface area contributed by atoms with Crippen LogP contribution in [0.1, 0.15) is 0 Å². The summed E-state index contributed by atoms with van der Waals surface area (Å²) in [5.41, 5.74) is 5.79. The van der Waals surface area contributed by atoms with Crippen molar-refractivity contribution in [1.29, 1.82) is 0 Å². The summed E-state index contributed by atoms with van der Waals surface area (Å²) in [6, 6.07) is 4.15. The average Bonchev–Trinajstić information content (AvgIpc) is 2.25. The van der Waals surface area contributed by atoms with Crippen molar-refractivity contribution in [2.45, 2.75) is 11.1 Å². The van der Waals surface area contributed by atoms with Crippen LogP contribution in [0.15, 0.2) is 23.1 Å². The van der Waals surface area contributed by atoms with Gasteiger partial charge in [-0.05, 0) is 18.2 Å². The topological polar surface area (TPSA) is 72.2 Å². The fourth-order valence-electron chi connectivity index (χ4n) is 1.15. The lowest BCUT2D eigenvalue weighted by atomic mass is 10.3. The summed E-state index contributed by atoms with van der Waals surface area (Å²) in [6.45, 7) is -1.46. The first-order valence-corrected chi connectivity index (χ1v) is 6.65. The van der Waals surface area contributed by atoms with Crippen LogP contribution in [0.4, 0.5) is 18.9 Å². The molecule has 3 N–H and O–H groups in total. The Hall–Kier alpha value is -1.28. The van der Waals surface area contributed by atoms with E-state index in [1.807, 2.05) is 0 Å². The van der Waals surface area contributed by atoms with Crippen molar-refractivity contribution in [3.63, 3.8) is 0 Å². The van der Waals surface area contributed by atoms with Crippen molar-refractivity contribution < 1.29 is 22.2 Å². The van der Waals surface area contributed by atoms with Crippen LogP contribution < -0.4 is 11.1 Å². The SMILES string of the molecule is Nc1ccc(S(=O)CC(=O)NCC(F)(F)F)c(Cl)c1. The molecule has 9 heteroatoms. The summed E-state index contributed by atoms with van der Waals surface area (Å²) >= 11 is 5.77. The van der Waals surface area contributed by atoms with Crippen molar-refractivity contribution in [2.24, 2.45) is 0 Å². The number of rotatable bonds is 4. The van der Waals surface area contributed by atoms with Gasteiger partial charge in [0.1, 0.15) is 12.3 Å². The Morgan fingerprint density at radius 3 is 2.58 bits per heavy atom. The minimum Gasteiger partial charge on any atom is -0.399 e. The van der Waals surface area contributed by atoms with Gasteiger partial charge in [0.25, 0.3) is 0 Å². The van der Waals surface area contributed by atoms with Gasteiger partial charge in [0.2, 0.25) is 5.91 Å². The van der Waals surface area contributed by atoms with Gasteiger partial charge in [-0.15, -0.1) is 0 Å². The van der Waals surface area contributed by atoms with Gasteiger partial charge >= 0.3 is 6.18 Å². The van der Waals surface area contributed by atoms with Gasteiger partial charge in [-0.3, -0.25) is 9.00 Å². The number of halogens is 4. The van der Waals surface area contributed by atoms with Gasteiger partial charge in [-0.25, -0.2) is 0 Å². The monoisotopic (exact) mass is 314 g/mol. The number of nitrogen functional groups attached to an aromatic ring is 1. The molecule has 0 saturated carbocycles. The summed E-state index contributed by atoms with van der Waals surface area (Å²) in [7, 11) is -1.83. The maximum absolute atomic E-state index is 11.9. The quantitative estimate of drug-likeness (QED) is 0.831. The minimum atomic E-state index is -4.50. The van der Waals surface area contributed by atoms with E-state index < -0.39 is 35.2 Å². The van der Waals surface area contributed by atoms with Crippen LogP contribution in [0.2, 0.25) is 5.02 Å². The van der Waals surface area contributed by atoms with Crippen LogP contribution >= 0.6 is 11.6 Å². The Labute approximate surface area is 114 Å². The van der Waals surface area contributed by atoms with Crippen LogP contribution in [0.3, 0.4) is 0 Å². The number of carbonyl (C=O) groups excluding carboxylic acids is 1. The Morgan fingerprint density at radius 2 is 2.05 bits per heavy atom. The van der Waals surface area contributed by atoms with Crippen LogP contribution in [-0.2, 0) is 15.6 Å². The highest BCUT2D eigenvalue weighted by molar-refractivity contribution is 7.85. The van der Waals surface area contributed by atoms with E-state index in [1.165, 1.54) is 18.2 Å². The summed E-state index contributed by atoms with van der Waals surface area (Å²) in [5.74, 6) is -1.57. The second-order valence-electron chi connectivity index (χ2n) is 3.57. The number of anilines is 1. The van der Waals surface area contributed by atoms with Gasteiger partial charge in [0.05, 0.1) is 20.7 Å². The highest BCUT2D eigenvalue weighted by atomic mass is 35.5. The number of benzene rings is 1. The molecule has 0 aliphatic heterocycles. The molecule has 19 heavy (non-hydrogen) atoms. The van der Waals surface area contributed by atoms with Gasteiger partial charge in [0, 0.05) is 5.69 Å². The fourth-order valence-corrected chi connectivity index (χ4v) is 2.59. The first-order valence-electron chi connectivity index (χ1n) is 4.96. The van der Waals surface area contributed by atoms with E-state index >= 15 is 0 Å². The number of carbonyl (C=O) groups is 1. The van der Waals surface area contributed by atoms with E-state index in [9.17, 15) is 22.2 Å². The summed E-state index contributed by atoms with van der Waals surface area (Å²) < 4.78 is 47.3. The number of alkyl halides is 3. The molecule has 1 atom stereocenters. The molecule has 0 spiro atoms. The highest BCUT2D eigenvalue weighted by Gasteiger charge is 2.28. The summed E-state index contributed by atoms with van der Waals surface area (Å²) in [4.78, 5) is 11.3. The van der Waals surface area contributed by atoms with Gasteiger partial charge < -0.3 is 11.1 Å². The molecule has 0 aliphatic carbocycles. The second-order valence-corrected chi connectivity index (χ2v) is 5.40. The zero-order valence-corrected chi connectivity index (χ0v) is 11.0. The van der Waals surface area contributed by atoms with Crippen molar-refractivity contribution >= 4 is 34.0 Å². The molecule has 1 aromatic carbocycles. The van der Waals surface area contributed by atoms with Gasteiger partial charge in [-0.2, -0.15) is 13.2 Å². The zero-order valence-electron chi connectivity index (χ0n) is 9.46. The maximum Gasteiger partial charge on any atom is 0.405 e. The average molecular weight is 315 g/mol. The van der Waals surface area contributed by atoms with Crippen LogP contribution in [-0.4, -0.2) is 28.6 Å². The van der Waals surface area contributed by atoms with E-state index in [-0.39, 0.29) is 9.92 Å². The molecule has 1 unspecified atom stereocenters. The predicted molar refractivity (Wildman–Crippen MR) is 66.2 cm³/mol. The molecule has 4 nitrogen and oxygen atoms in total. The molecular weight excluding hydrogens is 305 g/mol. The van der Waals surface area contributed by atoms with E-state index in [2.05, 4.69) is 0 Å². The van der Waals surface area contributed by atoms with Crippen LogP contribution in [0.25, 0.3) is 0 Å². The maximum atomic E-state index is 11.9. The molecule has 0 aromatic heterocycles. The molecule has 0 heterocycles. The van der Waals surface area contributed by atoms with Gasteiger partial charge in [-0.1, -0.05) is 11.6 Å². The van der Waals surface area contributed by atoms with Gasteiger partial charge in [0.15, 0.2) is 0 Å². The van der Waals surface area contributed by atoms with E-state index in [1.54, 1.807) is 5.32 Å². The molecule has 0 bridgehead atoms. The number of hydrogen-bond donors (Lipinski definition) is 2. The standard InChI is InChI=1S/C10H10ClF3N2O2S/c11-7-3-6(15)1-2-8(7)19(18)4-9(17)16-5-10(12,13)14/h1-3H,4-5,15H2,(H,16,17). The first kappa shape index (κ1) is 15.8. The first-order chi connectivity index (χ1) is 8.69. The van der Waals surface area contributed by atoms with Crippen molar-refractivity contribution in [3.8, 4) is 0 Å². The molecule has 0 saturated heterocycles. The third kappa shape index (κ3) is 5.48. The van der Waals surface area contributed by atoms with Crippen LogP contribution in [0, 0.1) is 0 Å². The van der Waals surface area contributed by atoms with E-state index in [0.717, 1.165) is 0 Å². The number of nitrogens with one attached hydrogen (secondary N) is 1. The molecule has 0 radical (unpaired) electrons. The van der Waals surface area contributed by atoms with E-state index in [0.29, 0.717) is 5.69 Å². The smallest absolute Gasteiger partial charge is 0.399 e. The van der Waals surface area contributed by atoms with Crippen molar-refractivity contribution in [1.82, 2.24) is 5.32 Å². The molecule has 1 rings (SSSR count). The third-order valence-electron chi connectivity index (χ3n) is 1.95. The summed E-state index contributed by atoms with van der Waals surface area (Å²) in [5, 5.41) is 1.73. The molecule has 1 amide bonds. The number of nitrogens with two attached hydrogens (primary N) is 1. The second kappa shape index (κ2) is 6.25. The Morgan fingerprint density at radius 1 is 1.42 bits per heavy atom. The predicted octanol–water partition coefficient (Wildman–Crippen LogP) is 1.71. The molecular formula is C10H10ClF3N2O2S. The Kier molecular flexibility index (Phi) is 5.19. The molecule has 106 valence electrons. The van der Waals surface area contributed by atoms with Crippen molar-refractivity contribution in [3.05, 3.63) is 23.2 Å². The lowest BCUT2D eigenvalue weighted by Crippen LogP contribution is -2.36. The highest BCUT2D eigenvalue weighted by Crippen LogP contribution is 2.22. The molecule has 0 fully saturated rings. The van der Waals surface area contributed by atoms with E-state index in [4.69, 9.17) is 17.3 Å². The Balaban J connectivity index is 2.62. The lowest BCUT2D eigenvalue weighted by molar-refractivity contribution is -0.136. The summed E-state index contributed by atoms with van der Waals surface area (Å²) in [6.07, 6.45) is -4.50. The number of amides is 1. The minimum absolute atomic E-state index is 0.0990. The lowest BCUT2D eigenvalue weighted by Gasteiger charge is -2.09. The Bertz CT molecular complexity index is 508. The normalized spacial score (nSPS) is 13.1. The third-order valence-corrected chi connectivity index (χ3v) is 3.75. The number of hydrogen-bond acceptors (Lipinski definition) is 3. The molecule has 0 aliphatic rings.